The summed E-state index contributed by atoms with van der Waals surface area (Å²) < 4.78 is 11.3. The zero-order valence-electron chi connectivity index (χ0n) is 10.1. The van der Waals surface area contributed by atoms with E-state index < -0.39 is 8.46 Å². The summed E-state index contributed by atoms with van der Waals surface area (Å²) in [5, 5.41) is 0. The normalized spacial score (nSPS) is 12.2. The van der Waals surface area contributed by atoms with E-state index in [1.165, 1.54) is 11.1 Å². The molecule has 0 aromatic heterocycles. The Kier molecular flexibility index (Phi) is 7.21. The summed E-state index contributed by atoms with van der Waals surface area (Å²) in [6.07, 6.45) is 1.96. The second-order valence-electron chi connectivity index (χ2n) is 4.18. The molecule has 0 amide bonds. The van der Waals surface area contributed by atoms with Gasteiger partial charge in [0.25, 0.3) is 0 Å². The first-order valence-electron chi connectivity index (χ1n) is 5.94. The number of hydrogen-bond donors (Lipinski definition) is 0. The number of benzene rings is 2. The van der Waals surface area contributed by atoms with Crippen LogP contribution in [-0.2, 0) is 31.4 Å². The molecule has 0 bridgehead atoms. The Balaban J connectivity index is 0.00000162. The molecular formula is C15H17OPPd. The zero-order valence-corrected chi connectivity index (χ0v) is 12.8. The standard InChI is InChI=1S/C15H17OP.Pd/c16-17-15(14-9-5-2-6-10-14)12-11-13-7-3-1-4-8-13;/h1-10,15H,11-12,17H2;. The van der Waals surface area contributed by atoms with Gasteiger partial charge in [-0.05, 0) is 24.0 Å². The van der Waals surface area contributed by atoms with Gasteiger partial charge in [0.05, 0.1) is 8.46 Å². The molecule has 3 heteroatoms. The molecule has 0 aliphatic rings. The van der Waals surface area contributed by atoms with Crippen molar-refractivity contribution in [2.45, 2.75) is 18.5 Å². The van der Waals surface area contributed by atoms with Crippen molar-refractivity contribution in [3.05, 3.63) is 71.8 Å². The van der Waals surface area contributed by atoms with E-state index in [4.69, 9.17) is 0 Å². The minimum absolute atomic E-state index is 0. The topological polar surface area (TPSA) is 17.1 Å². The summed E-state index contributed by atoms with van der Waals surface area (Å²) in [5.41, 5.74) is 2.74. The van der Waals surface area contributed by atoms with Crippen LogP contribution in [0, 0.1) is 0 Å². The molecule has 0 N–H and O–H groups in total. The van der Waals surface area contributed by atoms with Crippen LogP contribution < -0.4 is 0 Å². The fraction of sp³-hybridized carbons (Fsp3) is 0.200. The quantitative estimate of drug-likeness (QED) is 0.586. The van der Waals surface area contributed by atoms with Crippen molar-refractivity contribution in [2.24, 2.45) is 0 Å². The third-order valence-electron chi connectivity index (χ3n) is 2.98. The van der Waals surface area contributed by atoms with Gasteiger partial charge in [-0.3, -0.25) is 0 Å². The molecule has 0 radical (unpaired) electrons. The van der Waals surface area contributed by atoms with Gasteiger partial charge < -0.3 is 4.57 Å². The van der Waals surface area contributed by atoms with Crippen LogP contribution in [0.2, 0.25) is 0 Å². The molecule has 0 heterocycles. The first kappa shape index (κ1) is 15.4. The first-order chi connectivity index (χ1) is 8.40. The predicted octanol–water partition coefficient (Wildman–Crippen LogP) is 4.11. The van der Waals surface area contributed by atoms with Crippen LogP contribution in [0.1, 0.15) is 23.2 Å². The van der Waals surface area contributed by atoms with Crippen molar-refractivity contribution in [1.82, 2.24) is 0 Å². The number of hydrogen-bond acceptors (Lipinski definition) is 1. The van der Waals surface area contributed by atoms with E-state index >= 15 is 0 Å². The second-order valence-corrected chi connectivity index (χ2v) is 5.25. The second kappa shape index (κ2) is 8.44. The maximum absolute atomic E-state index is 11.3. The van der Waals surface area contributed by atoms with Crippen LogP contribution in [0.3, 0.4) is 0 Å². The van der Waals surface area contributed by atoms with Gasteiger partial charge in [0.2, 0.25) is 0 Å². The van der Waals surface area contributed by atoms with Crippen molar-refractivity contribution >= 4 is 8.46 Å². The van der Waals surface area contributed by atoms with Crippen molar-refractivity contribution in [2.75, 3.05) is 0 Å². The molecule has 98 valence electrons. The van der Waals surface area contributed by atoms with Gasteiger partial charge in [0, 0.05) is 26.1 Å². The average Bonchev–Trinajstić information content (AvgIpc) is 2.42. The van der Waals surface area contributed by atoms with Gasteiger partial charge in [0.1, 0.15) is 0 Å². The predicted molar refractivity (Wildman–Crippen MR) is 74.3 cm³/mol. The van der Waals surface area contributed by atoms with Gasteiger partial charge in [-0.2, -0.15) is 0 Å². The molecule has 1 nitrogen and oxygen atoms in total. The third-order valence-corrected chi connectivity index (χ3v) is 4.03. The molecule has 0 saturated carbocycles. The van der Waals surface area contributed by atoms with Crippen molar-refractivity contribution in [3.63, 3.8) is 0 Å². The molecule has 0 saturated heterocycles. The molecule has 0 fully saturated rings. The third kappa shape index (κ3) is 4.54. The summed E-state index contributed by atoms with van der Waals surface area (Å²) in [7, 11) is -0.754. The van der Waals surface area contributed by atoms with Crippen LogP contribution in [0.4, 0.5) is 0 Å². The van der Waals surface area contributed by atoms with Gasteiger partial charge >= 0.3 is 0 Å². The van der Waals surface area contributed by atoms with Crippen molar-refractivity contribution < 1.29 is 25.0 Å². The minimum atomic E-state index is -0.754. The smallest absolute Gasteiger partial charge is 0.0716 e. The Labute approximate surface area is 123 Å². The van der Waals surface area contributed by atoms with Crippen molar-refractivity contribution in [1.29, 1.82) is 0 Å². The van der Waals surface area contributed by atoms with Crippen LogP contribution in [0.25, 0.3) is 0 Å². The SMILES string of the molecule is O=[PH2]C(CCc1ccccc1)c1ccccc1.[Pd]. The largest absolute Gasteiger partial charge is 0.329 e. The fourth-order valence-corrected chi connectivity index (χ4v) is 2.66. The van der Waals surface area contributed by atoms with Crippen LogP contribution >= 0.6 is 8.46 Å². The average molecular weight is 351 g/mol. The van der Waals surface area contributed by atoms with Gasteiger partial charge in [-0.25, -0.2) is 0 Å². The fourth-order valence-electron chi connectivity index (χ4n) is 1.98. The molecule has 0 spiro atoms. The van der Waals surface area contributed by atoms with E-state index in [-0.39, 0.29) is 26.1 Å². The molecule has 18 heavy (non-hydrogen) atoms. The Morgan fingerprint density at radius 3 is 2.00 bits per heavy atom. The molecule has 2 aromatic carbocycles. The molecule has 2 aromatic rings. The van der Waals surface area contributed by atoms with Crippen molar-refractivity contribution in [3.8, 4) is 0 Å². The summed E-state index contributed by atoms with van der Waals surface area (Å²) in [4.78, 5) is 0. The summed E-state index contributed by atoms with van der Waals surface area (Å²) in [6, 6.07) is 20.5. The molecule has 2 rings (SSSR count). The Morgan fingerprint density at radius 1 is 0.889 bits per heavy atom. The maximum Gasteiger partial charge on any atom is 0.0716 e. The summed E-state index contributed by atoms with van der Waals surface area (Å²) >= 11 is 0. The molecule has 0 aliphatic heterocycles. The number of aryl methyl sites for hydroxylation is 1. The minimum Gasteiger partial charge on any atom is -0.329 e. The molecule has 2 atom stereocenters. The van der Waals surface area contributed by atoms with Crippen LogP contribution in [0.15, 0.2) is 60.7 Å². The van der Waals surface area contributed by atoms with Gasteiger partial charge in [-0.1, -0.05) is 60.7 Å². The Hall–Kier alpha value is -0.668. The van der Waals surface area contributed by atoms with Crippen LogP contribution in [-0.4, -0.2) is 0 Å². The molecule has 0 aliphatic carbocycles. The van der Waals surface area contributed by atoms with E-state index in [1.807, 2.05) is 24.3 Å². The molecular weight excluding hydrogens is 334 g/mol. The Bertz CT molecular complexity index is 458. The Morgan fingerprint density at radius 2 is 1.44 bits per heavy atom. The van der Waals surface area contributed by atoms with E-state index in [0.717, 1.165) is 12.8 Å². The van der Waals surface area contributed by atoms with Gasteiger partial charge in [-0.15, -0.1) is 0 Å². The monoisotopic (exact) mass is 350 g/mol. The summed E-state index contributed by atoms with van der Waals surface area (Å²) in [6.45, 7) is 0. The van der Waals surface area contributed by atoms with E-state index in [0.29, 0.717) is 0 Å². The molecule has 2 unspecified atom stereocenters. The van der Waals surface area contributed by atoms with Crippen LogP contribution in [0.5, 0.6) is 0 Å². The van der Waals surface area contributed by atoms with E-state index in [9.17, 15) is 4.57 Å². The number of rotatable bonds is 5. The van der Waals surface area contributed by atoms with E-state index in [1.54, 1.807) is 0 Å². The maximum atomic E-state index is 11.3. The zero-order chi connectivity index (χ0) is 11.9. The summed E-state index contributed by atoms with van der Waals surface area (Å²) in [5.74, 6) is 0. The first-order valence-corrected chi connectivity index (χ1v) is 7.08. The van der Waals surface area contributed by atoms with Gasteiger partial charge in [0.15, 0.2) is 0 Å². The van der Waals surface area contributed by atoms with E-state index in [2.05, 4.69) is 36.4 Å².